The molecule has 1 heterocycles. The van der Waals surface area contributed by atoms with Crippen molar-refractivity contribution in [1.29, 1.82) is 0 Å². The molecule has 1 aromatic heterocycles. The summed E-state index contributed by atoms with van der Waals surface area (Å²) in [5.41, 5.74) is 0. The van der Waals surface area contributed by atoms with Crippen LogP contribution in [0.1, 0.15) is 23.1 Å². The Hall–Kier alpha value is -1.35. The number of ether oxygens (including phenoxy) is 1. The highest BCUT2D eigenvalue weighted by molar-refractivity contribution is 7.12. The number of thiophene rings is 1. The number of carbonyl (C=O) groups excluding carboxylic acids is 1. The molecule has 0 bridgehead atoms. The first kappa shape index (κ1) is 14.7. The van der Waals surface area contributed by atoms with Gasteiger partial charge in [0.15, 0.2) is 0 Å². The molecule has 0 spiro atoms. The van der Waals surface area contributed by atoms with E-state index in [1.165, 1.54) is 11.3 Å². The molecule has 0 aliphatic heterocycles. The number of carbonyl (C=O) groups is 1. The van der Waals surface area contributed by atoms with Gasteiger partial charge in [0.05, 0.1) is 18.0 Å². The highest BCUT2D eigenvalue weighted by atomic mass is 32.1. The van der Waals surface area contributed by atoms with Crippen molar-refractivity contribution in [3.63, 3.8) is 0 Å². The Morgan fingerprint density at radius 3 is 3.11 bits per heavy atom. The van der Waals surface area contributed by atoms with Crippen LogP contribution in [-0.2, 0) is 16.1 Å². The first-order chi connectivity index (χ1) is 8.76. The Labute approximate surface area is 111 Å². The number of aliphatic hydroxyl groups is 1. The molecule has 1 rings (SSSR count). The molecule has 0 radical (unpaired) electrons. The summed E-state index contributed by atoms with van der Waals surface area (Å²) in [7, 11) is 0. The van der Waals surface area contributed by atoms with Crippen molar-refractivity contribution in [3.05, 3.63) is 21.9 Å². The van der Waals surface area contributed by atoms with Crippen LogP contribution in [0.15, 0.2) is 12.1 Å². The highest BCUT2D eigenvalue weighted by Crippen LogP contribution is 2.14. The summed E-state index contributed by atoms with van der Waals surface area (Å²) < 4.78 is 5.00. The third-order valence-corrected chi connectivity index (χ3v) is 3.01. The predicted molar refractivity (Wildman–Crippen MR) is 71.2 cm³/mol. The Morgan fingerprint density at radius 1 is 1.56 bits per heavy atom. The Balaban J connectivity index is 2.36. The number of aliphatic hydroxyl groups excluding tert-OH is 1. The van der Waals surface area contributed by atoms with E-state index in [0.29, 0.717) is 19.6 Å². The fourth-order valence-electron chi connectivity index (χ4n) is 1.18. The predicted octanol–water partition coefficient (Wildman–Crippen LogP) is 1.13. The van der Waals surface area contributed by atoms with Crippen LogP contribution in [0.5, 0.6) is 0 Å². The van der Waals surface area contributed by atoms with E-state index in [0.717, 1.165) is 9.75 Å². The Bertz CT molecular complexity index is 431. The van der Waals surface area contributed by atoms with Crippen molar-refractivity contribution in [1.82, 2.24) is 5.32 Å². The van der Waals surface area contributed by atoms with Gasteiger partial charge in [-0.2, -0.15) is 0 Å². The average Bonchev–Trinajstić information content (AvgIpc) is 2.82. The van der Waals surface area contributed by atoms with Crippen molar-refractivity contribution in [2.24, 2.45) is 0 Å². The van der Waals surface area contributed by atoms with Gasteiger partial charge in [-0.1, -0.05) is 11.8 Å². The van der Waals surface area contributed by atoms with Gasteiger partial charge in [0.2, 0.25) is 5.91 Å². The Kier molecular flexibility index (Phi) is 7.11. The summed E-state index contributed by atoms with van der Waals surface area (Å²) in [6, 6.07) is 3.85. The largest absolute Gasteiger partial charge is 0.395 e. The van der Waals surface area contributed by atoms with E-state index in [-0.39, 0.29) is 19.1 Å². The molecular formula is C13H17NO3S. The van der Waals surface area contributed by atoms with Gasteiger partial charge in [0, 0.05) is 17.9 Å². The maximum absolute atomic E-state index is 11.3. The van der Waals surface area contributed by atoms with Crippen molar-refractivity contribution < 1.29 is 14.6 Å². The molecule has 5 heteroatoms. The molecule has 1 aromatic rings. The van der Waals surface area contributed by atoms with E-state index >= 15 is 0 Å². The minimum atomic E-state index is -0.113. The third kappa shape index (κ3) is 5.82. The molecule has 1 amide bonds. The fraction of sp³-hybridized carbons (Fsp3) is 0.462. The first-order valence-corrected chi connectivity index (χ1v) is 6.60. The van der Waals surface area contributed by atoms with Crippen molar-refractivity contribution >= 4 is 17.2 Å². The molecule has 0 saturated carbocycles. The Morgan fingerprint density at radius 2 is 2.39 bits per heavy atom. The van der Waals surface area contributed by atoms with Gasteiger partial charge < -0.3 is 15.2 Å². The smallest absolute Gasteiger partial charge is 0.246 e. The lowest BCUT2D eigenvalue weighted by atomic mass is 10.4. The molecule has 0 saturated heterocycles. The summed E-state index contributed by atoms with van der Waals surface area (Å²) in [5, 5.41) is 11.4. The van der Waals surface area contributed by atoms with Gasteiger partial charge in [-0.05, 0) is 19.1 Å². The fourth-order valence-corrected chi connectivity index (χ4v) is 2.00. The van der Waals surface area contributed by atoms with Gasteiger partial charge in [0.1, 0.15) is 6.61 Å². The van der Waals surface area contributed by atoms with E-state index in [1.54, 1.807) is 0 Å². The molecule has 0 atom stereocenters. The van der Waals surface area contributed by atoms with Gasteiger partial charge in [0.25, 0.3) is 0 Å². The second kappa shape index (κ2) is 8.70. The van der Waals surface area contributed by atoms with Crippen LogP contribution >= 0.6 is 11.3 Å². The topological polar surface area (TPSA) is 58.6 Å². The molecule has 18 heavy (non-hydrogen) atoms. The summed E-state index contributed by atoms with van der Waals surface area (Å²) in [6.45, 7) is 3.07. The monoisotopic (exact) mass is 267 g/mol. The van der Waals surface area contributed by atoms with Crippen LogP contribution in [0.2, 0.25) is 0 Å². The van der Waals surface area contributed by atoms with Crippen LogP contribution in [0.4, 0.5) is 0 Å². The van der Waals surface area contributed by atoms with Crippen molar-refractivity contribution in [2.45, 2.75) is 19.9 Å². The summed E-state index contributed by atoms with van der Waals surface area (Å²) in [4.78, 5) is 13.3. The lowest BCUT2D eigenvalue weighted by molar-refractivity contribution is -0.125. The number of nitrogens with one attached hydrogen (secondary N) is 1. The lowest BCUT2D eigenvalue weighted by Gasteiger charge is -2.02. The molecular weight excluding hydrogens is 250 g/mol. The van der Waals surface area contributed by atoms with Crippen LogP contribution in [-0.4, -0.2) is 30.8 Å². The van der Waals surface area contributed by atoms with Crippen LogP contribution in [0, 0.1) is 11.8 Å². The molecule has 0 aliphatic rings. The van der Waals surface area contributed by atoms with Crippen LogP contribution in [0.25, 0.3) is 0 Å². The van der Waals surface area contributed by atoms with E-state index < -0.39 is 0 Å². The minimum absolute atomic E-state index is 0.0821. The number of hydrogen-bond donors (Lipinski definition) is 2. The zero-order chi connectivity index (χ0) is 13.2. The standard InChI is InChI=1S/C13H17NO3S/c1-2-17-10-13(16)14-9-12-7-6-11(18-12)5-3-4-8-15/h6-7,15H,2,4,8-10H2,1H3,(H,14,16). The van der Waals surface area contributed by atoms with Gasteiger partial charge in [-0.15, -0.1) is 11.3 Å². The zero-order valence-corrected chi connectivity index (χ0v) is 11.2. The third-order valence-electron chi connectivity index (χ3n) is 2.01. The zero-order valence-electron chi connectivity index (χ0n) is 10.4. The minimum Gasteiger partial charge on any atom is -0.395 e. The van der Waals surface area contributed by atoms with E-state index in [9.17, 15) is 4.79 Å². The van der Waals surface area contributed by atoms with E-state index in [4.69, 9.17) is 9.84 Å². The first-order valence-electron chi connectivity index (χ1n) is 5.79. The SMILES string of the molecule is CCOCC(=O)NCc1ccc(C#CCCO)s1. The van der Waals surface area contributed by atoms with Crippen molar-refractivity contribution in [3.8, 4) is 11.8 Å². The molecule has 0 aliphatic carbocycles. The quantitative estimate of drug-likeness (QED) is 0.760. The number of amides is 1. The highest BCUT2D eigenvalue weighted by Gasteiger charge is 2.02. The van der Waals surface area contributed by atoms with Crippen LogP contribution < -0.4 is 5.32 Å². The van der Waals surface area contributed by atoms with Gasteiger partial charge >= 0.3 is 0 Å². The average molecular weight is 267 g/mol. The molecule has 0 fully saturated rings. The molecule has 0 unspecified atom stereocenters. The number of hydrogen-bond acceptors (Lipinski definition) is 4. The summed E-state index contributed by atoms with van der Waals surface area (Å²) >= 11 is 1.54. The van der Waals surface area contributed by atoms with E-state index in [2.05, 4.69) is 17.2 Å². The number of rotatable bonds is 6. The van der Waals surface area contributed by atoms with Gasteiger partial charge in [-0.3, -0.25) is 4.79 Å². The molecule has 4 nitrogen and oxygen atoms in total. The normalized spacial score (nSPS) is 9.67. The summed E-state index contributed by atoms with van der Waals surface area (Å²) in [5.74, 6) is 5.71. The lowest BCUT2D eigenvalue weighted by Crippen LogP contribution is -2.26. The van der Waals surface area contributed by atoms with Crippen molar-refractivity contribution in [2.75, 3.05) is 19.8 Å². The molecule has 0 aromatic carbocycles. The maximum atomic E-state index is 11.3. The molecule has 2 N–H and O–H groups in total. The van der Waals surface area contributed by atoms with E-state index in [1.807, 2.05) is 19.1 Å². The molecule has 98 valence electrons. The van der Waals surface area contributed by atoms with Crippen LogP contribution in [0.3, 0.4) is 0 Å². The second-order valence-electron chi connectivity index (χ2n) is 3.46. The second-order valence-corrected chi connectivity index (χ2v) is 4.62. The summed E-state index contributed by atoms with van der Waals surface area (Å²) in [6.07, 6.45) is 0.484. The van der Waals surface area contributed by atoms with Gasteiger partial charge in [-0.25, -0.2) is 0 Å². The maximum Gasteiger partial charge on any atom is 0.246 e.